The molecule has 0 aliphatic carbocycles. The van der Waals surface area contributed by atoms with E-state index in [1.165, 1.54) is 28.8 Å². The Labute approximate surface area is 175 Å². The van der Waals surface area contributed by atoms with E-state index < -0.39 is 5.95 Å². The second-order valence-electron chi connectivity index (χ2n) is 7.63. The maximum absolute atomic E-state index is 13.0. The van der Waals surface area contributed by atoms with Gasteiger partial charge in [-0.05, 0) is 35.9 Å². The number of benzene rings is 2. The van der Waals surface area contributed by atoms with E-state index in [1.54, 1.807) is 6.07 Å². The van der Waals surface area contributed by atoms with Gasteiger partial charge in [0.2, 0.25) is 5.95 Å². The predicted octanol–water partition coefficient (Wildman–Crippen LogP) is 4.91. The molecule has 0 unspecified atom stereocenters. The molecule has 30 heavy (non-hydrogen) atoms. The summed E-state index contributed by atoms with van der Waals surface area (Å²) >= 11 is 0. The Morgan fingerprint density at radius 3 is 2.77 bits per heavy atom. The summed E-state index contributed by atoms with van der Waals surface area (Å²) in [5, 5.41) is 1.17. The Kier molecular flexibility index (Phi) is 5.11. The minimum Gasteiger partial charge on any atom is -0.489 e. The molecule has 1 aliphatic heterocycles. The maximum atomic E-state index is 13.0. The van der Waals surface area contributed by atoms with Crippen LogP contribution in [0.15, 0.2) is 72.9 Å². The molecule has 1 aliphatic rings. The lowest BCUT2D eigenvalue weighted by Crippen LogP contribution is -2.19. The quantitative estimate of drug-likeness (QED) is 0.432. The highest BCUT2D eigenvalue weighted by molar-refractivity contribution is 5.78. The number of pyridine rings is 2. The van der Waals surface area contributed by atoms with Crippen molar-refractivity contribution in [3.8, 4) is 5.75 Å². The van der Waals surface area contributed by atoms with Gasteiger partial charge in [-0.15, -0.1) is 0 Å². The average molecular weight is 399 g/mol. The average Bonchev–Trinajstić information content (AvgIpc) is 3.21. The largest absolute Gasteiger partial charge is 0.489 e. The fourth-order valence-electron chi connectivity index (χ4n) is 3.93. The molecule has 4 aromatic rings. The van der Waals surface area contributed by atoms with E-state index in [0.717, 1.165) is 48.6 Å². The molecular weight excluding hydrogens is 377 g/mol. The molecule has 2 aromatic carbocycles. The van der Waals surface area contributed by atoms with Gasteiger partial charge in [0.1, 0.15) is 12.4 Å². The van der Waals surface area contributed by atoms with Crippen LogP contribution in [0.2, 0.25) is 0 Å². The molecule has 4 nitrogen and oxygen atoms in total. The fourth-order valence-corrected chi connectivity index (χ4v) is 3.93. The first-order chi connectivity index (χ1) is 14.7. The van der Waals surface area contributed by atoms with Crippen molar-refractivity contribution >= 4 is 10.9 Å². The summed E-state index contributed by atoms with van der Waals surface area (Å²) in [7, 11) is 0. The molecule has 5 heteroatoms. The molecule has 0 N–H and O–H groups in total. The summed E-state index contributed by atoms with van der Waals surface area (Å²) in [6.07, 6.45) is 2.43. The van der Waals surface area contributed by atoms with Gasteiger partial charge in [0, 0.05) is 54.5 Å². The predicted molar refractivity (Wildman–Crippen MR) is 115 cm³/mol. The van der Waals surface area contributed by atoms with Gasteiger partial charge < -0.3 is 4.74 Å². The van der Waals surface area contributed by atoms with Crippen LogP contribution < -0.4 is 4.74 Å². The van der Waals surface area contributed by atoms with Crippen molar-refractivity contribution in [1.29, 1.82) is 0 Å². The lowest BCUT2D eigenvalue weighted by atomic mass is 10.1. The van der Waals surface area contributed by atoms with Crippen LogP contribution in [0, 0.1) is 5.95 Å². The summed E-state index contributed by atoms with van der Waals surface area (Å²) in [5.74, 6) is 0.416. The monoisotopic (exact) mass is 399 g/mol. The maximum Gasteiger partial charge on any atom is 0.212 e. The zero-order chi connectivity index (χ0) is 20.3. The van der Waals surface area contributed by atoms with Gasteiger partial charge in [-0.2, -0.15) is 4.39 Å². The van der Waals surface area contributed by atoms with Crippen molar-refractivity contribution in [1.82, 2.24) is 14.9 Å². The van der Waals surface area contributed by atoms with Crippen molar-refractivity contribution in [3.05, 3.63) is 101 Å². The topological polar surface area (TPSA) is 38.2 Å². The smallest absolute Gasteiger partial charge is 0.212 e. The zero-order valence-corrected chi connectivity index (χ0v) is 16.6. The van der Waals surface area contributed by atoms with E-state index in [2.05, 4.69) is 40.2 Å². The Morgan fingerprint density at radius 1 is 0.933 bits per heavy atom. The summed E-state index contributed by atoms with van der Waals surface area (Å²) in [5.41, 5.74) is 5.55. The molecule has 0 saturated carbocycles. The van der Waals surface area contributed by atoms with Crippen molar-refractivity contribution < 1.29 is 9.13 Å². The minimum absolute atomic E-state index is 0.380. The number of ether oxygens (including phenoxy) is 1. The zero-order valence-electron chi connectivity index (χ0n) is 16.6. The molecule has 150 valence electrons. The van der Waals surface area contributed by atoms with E-state index in [9.17, 15) is 4.39 Å². The third-order valence-electron chi connectivity index (χ3n) is 5.53. The SMILES string of the molecule is Fc1ccc(COc2cccc3c2CN(CCc2ccc4ccccc4n2)C3)cn1. The van der Waals surface area contributed by atoms with Crippen molar-refractivity contribution in [3.63, 3.8) is 0 Å². The number of nitrogens with zero attached hydrogens (tertiary/aromatic N) is 3. The van der Waals surface area contributed by atoms with Crippen molar-refractivity contribution in [2.75, 3.05) is 6.54 Å². The van der Waals surface area contributed by atoms with Crippen molar-refractivity contribution in [2.45, 2.75) is 26.1 Å². The summed E-state index contributed by atoms with van der Waals surface area (Å²) < 4.78 is 19.0. The Balaban J connectivity index is 1.23. The van der Waals surface area contributed by atoms with E-state index in [4.69, 9.17) is 9.72 Å². The third-order valence-corrected chi connectivity index (χ3v) is 5.53. The van der Waals surface area contributed by atoms with Crippen LogP contribution in [0.5, 0.6) is 5.75 Å². The molecule has 0 saturated heterocycles. The first-order valence-electron chi connectivity index (χ1n) is 10.2. The summed E-state index contributed by atoms with van der Waals surface area (Å²) in [6.45, 7) is 3.10. The van der Waals surface area contributed by atoms with E-state index in [-0.39, 0.29) is 0 Å². The van der Waals surface area contributed by atoms with Crippen LogP contribution >= 0.6 is 0 Å². The number of para-hydroxylation sites is 1. The lowest BCUT2D eigenvalue weighted by molar-refractivity contribution is 0.275. The molecule has 0 spiro atoms. The number of fused-ring (bicyclic) bond motifs is 2. The van der Waals surface area contributed by atoms with Gasteiger partial charge in [-0.3, -0.25) is 9.88 Å². The number of halogens is 1. The van der Waals surface area contributed by atoms with E-state index in [0.29, 0.717) is 6.61 Å². The number of hydrogen-bond donors (Lipinski definition) is 0. The van der Waals surface area contributed by atoms with Gasteiger partial charge in [-0.1, -0.05) is 36.4 Å². The van der Waals surface area contributed by atoms with Crippen LogP contribution in [0.1, 0.15) is 22.4 Å². The molecule has 0 radical (unpaired) electrons. The molecule has 0 fully saturated rings. The third kappa shape index (κ3) is 4.02. The van der Waals surface area contributed by atoms with Gasteiger partial charge in [0.05, 0.1) is 5.52 Å². The second kappa shape index (κ2) is 8.20. The van der Waals surface area contributed by atoms with Gasteiger partial charge in [0.25, 0.3) is 0 Å². The fraction of sp³-hybridized carbons (Fsp3) is 0.200. The molecule has 2 aromatic heterocycles. The molecule has 0 bridgehead atoms. The van der Waals surface area contributed by atoms with E-state index in [1.807, 2.05) is 24.3 Å². The standard InChI is InChI=1S/C25H22FN3O/c26-25-11-8-18(14-27-25)17-30-24-7-3-5-20-15-29(16-22(20)24)13-12-21-10-9-19-4-1-2-6-23(19)28-21/h1-11,14H,12-13,15-17H2. The van der Waals surface area contributed by atoms with Crippen LogP contribution in [-0.4, -0.2) is 21.4 Å². The molecule has 0 amide bonds. The molecule has 5 rings (SSSR count). The number of aromatic nitrogens is 2. The molecule has 0 atom stereocenters. The Bertz CT molecular complexity index is 1180. The first-order valence-corrected chi connectivity index (χ1v) is 10.2. The summed E-state index contributed by atoms with van der Waals surface area (Å²) in [6, 6.07) is 21.7. The Morgan fingerprint density at radius 2 is 1.87 bits per heavy atom. The van der Waals surface area contributed by atoms with E-state index >= 15 is 0 Å². The van der Waals surface area contributed by atoms with Crippen LogP contribution in [0.25, 0.3) is 10.9 Å². The summed E-state index contributed by atoms with van der Waals surface area (Å²) in [4.78, 5) is 10.9. The van der Waals surface area contributed by atoms with Gasteiger partial charge in [-0.25, -0.2) is 4.98 Å². The number of hydrogen-bond acceptors (Lipinski definition) is 4. The first kappa shape index (κ1) is 18.7. The highest BCUT2D eigenvalue weighted by Gasteiger charge is 2.22. The molecule has 3 heterocycles. The van der Waals surface area contributed by atoms with Crippen molar-refractivity contribution in [2.24, 2.45) is 0 Å². The Hall–Kier alpha value is -3.31. The second-order valence-corrected chi connectivity index (χ2v) is 7.63. The van der Waals surface area contributed by atoms with Crippen LogP contribution in [-0.2, 0) is 26.1 Å². The van der Waals surface area contributed by atoms with Gasteiger partial charge >= 0.3 is 0 Å². The number of rotatable bonds is 6. The normalized spacial score (nSPS) is 13.5. The van der Waals surface area contributed by atoms with Gasteiger partial charge in [0.15, 0.2) is 0 Å². The lowest BCUT2D eigenvalue weighted by Gasteiger charge is -2.15. The van der Waals surface area contributed by atoms with Crippen LogP contribution in [0.4, 0.5) is 4.39 Å². The molecular formula is C25H22FN3O. The highest BCUT2D eigenvalue weighted by atomic mass is 19.1. The minimum atomic E-state index is -0.476. The van der Waals surface area contributed by atoms with Crippen LogP contribution in [0.3, 0.4) is 0 Å². The highest BCUT2D eigenvalue weighted by Crippen LogP contribution is 2.31.